The van der Waals surface area contributed by atoms with Crippen molar-refractivity contribution < 1.29 is 38.2 Å². The fourth-order valence-corrected chi connectivity index (χ4v) is 9.33. The number of anilines is 3. The summed E-state index contributed by atoms with van der Waals surface area (Å²) in [6.07, 6.45) is 10.5. The van der Waals surface area contributed by atoms with Gasteiger partial charge in [-0.05, 0) is 125 Å². The molecule has 4 N–H and O–H groups in total. The number of rotatable bonds is 18. The normalized spacial score (nSPS) is 21.0. The number of imidazole rings is 1. The maximum Gasteiger partial charge on any atom is 0.338 e. The summed E-state index contributed by atoms with van der Waals surface area (Å²) in [5, 5.41) is 21.1. The van der Waals surface area contributed by atoms with Gasteiger partial charge in [0.25, 0.3) is 17.7 Å². The number of allylic oxidation sites excluding steroid dienone is 1. The first-order valence-corrected chi connectivity index (χ1v) is 22.9. The Kier molecular flexibility index (Phi) is 13.8. The van der Waals surface area contributed by atoms with Crippen LogP contribution >= 0.6 is 0 Å². The number of fused-ring (bicyclic) bond motifs is 3. The highest BCUT2D eigenvalue weighted by Gasteiger charge is 2.61. The number of esters is 1. The summed E-state index contributed by atoms with van der Waals surface area (Å²) >= 11 is 0. The van der Waals surface area contributed by atoms with Gasteiger partial charge < -0.3 is 40.0 Å². The van der Waals surface area contributed by atoms with Crippen LogP contribution in [0.15, 0.2) is 110 Å². The minimum absolute atomic E-state index is 0.0219. The molecule has 0 aliphatic heterocycles. The molecular formula is C53H54N8O8. The maximum absolute atomic E-state index is 14.1. The molecule has 3 aromatic carbocycles. The molecule has 4 aliphatic rings. The molecular weight excluding hydrogens is 877 g/mol. The summed E-state index contributed by atoms with van der Waals surface area (Å²) in [4.78, 5) is 77.2. The smallest absolute Gasteiger partial charge is 0.338 e. The van der Waals surface area contributed by atoms with Crippen LogP contribution in [0.1, 0.15) is 95.0 Å². The first kappa shape index (κ1) is 47.4. The number of carbonyl (C=O) groups is 5. The minimum atomic E-state index is -1.19. The van der Waals surface area contributed by atoms with Crippen molar-refractivity contribution in [2.24, 2.45) is 30.7 Å². The topological polar surface area (TPSA) is 216 Å². The second kappa shape index (κ2) is 20.0. The van der Waals surface area contributed by atoms with Crippen LogP contribution in [-0.2, 0) is 21.4 Å². The number of aromatic nitrogens is 3. The fourth-order valence-electron chi connectivity index (χ4n) is 9.33. The third-order valence-electron chi connectivity index (χ3n) is 13.1. The van der Waals surface area contributed by atoms with Crippen LogP contribution in [0, 0.1) is 35.0 Å². The van der Waals surface area contributed by atoms with Gasteiger partial charge in [-0.15, -0.1) is 6.58 Å². The Morgan fingerprint density at radius 1 is 0.913 bits per heavy atom. The summed E-state index contributed by atoms with van der Waals surface area (Å²) in [6, 6.07) is 19.9. The number of aryl methyl sites for hydroxylation is 1. The van der Waals surface area contributed by atoms with E-state index in [-0.39, 0.29) is 71.2 Å². The van der Waals surface area contributed by atoms with Gasteiger partial charge in [-0.3, -0.25) is 19.2 Å². The SMILES string of the molecule is C=CCOC(=O)c1ccc(NC(=O)c2ccc(NC(=O)c3ccc(NC(=O)[C@]4(NC(=O)[C@@H]5CC(c6nc7cc(C#N)ccc7n6C)C6CC5C6)C[C@@H]4C=C)cn3)c(OC(C)C)c2OC/C=C/C)cc1. The zero-order chi connectivity index (χ0) is 49.0. The monoisotopic (exact) mass is 930 g/mol. The fraction of sp³-hybridized carbons (Fsp3) is 0.321. The average Bonchev–Trinajstić information content (AvgIpc) is 3.96. The third-order valence-corrected chi connectivity index (χ3v) is 13.1. The Bertz CT molecular complexity index is 2910. The van der Waals surface area contributed by atoms with E-state index in [1.54, 1.807) is 62.4 Å². The Labute approximate surface area is 399 Å². The number of hydrogen-bond donors (Lipinski definition) is 4. The summed E-state index contributed by atoms with van der Waals surface area (Å²) in [7, 11) is 1.97. The number of ether oxygens (including phenoxy) is 3. The molecule has 4 amide bonds. The molecule has 4 aliphatic carbocycles. The highest BCUT2D eigenvalue weighted by atomic mass is 16.5. The molecule has 2 heterocycles. The largest absolute Gasteiger partial charge is 0.485 e. The van der Waals surface area contributed by atoms with E-state index in [4.69, 9.17) is 19.2 Å². The lowest BCUT2D eigenvalue weighted by Gasteiger charge is -2.50. The molecule has 1 unspecified atom stereocenters. The second-order valence-corrected chi connectivity index (χ2v) is 17.9. The molecule has 354 valence electrons. The average molecular weight is 931 g/mol. The minimum Gasteiger partial charge on any atom is -0.485 e. The van der Waals surface area contributed by atoms with Crippen LogP contribution in [0.25, 0.3) is 11.0 Å². The summed E-state index contributed by atoms with van der Waals surface area (Å²) in [6.45, 7) is 13.1. The van der Waals surface area contributed by atoms with E-state index >= 15 is 0 Å². The number of nitriles is 1. The molecule has 0 radical (unpaired) electrons. The number of benzene rings is 3. The van der Waals surface area contributed by atoms with Gasteiger partial charge in [0, 0.05) is 30.5 Å². The molecule has 9 rings (SSSR count). The number of nitrogens with one attached hydrogen (secondary N) is 4. The summed E-state index contributed by atoms with van der Waals surface area (Å²) in [5.74, 6) is -1.01. The molecule has 4 fully saturated rings. The molecule has 16 heteroatoms. The molecule has 4 atom stereocenters. The van der Waals surface area contributed by atoms with E-state index in [2.05, 4.69) is 50.0 Å². The number of nitrogens with zero attached hydrogens (tertiary/aromatic N) is 4. The van der Waals surface area contributed by atoms with Gasteiger partial charge in [0.1, 0.15) is 30.3 Å². The quantitative estimate of drug-likeness (QED) is 0.0485. The summed E-state index contributed by atoms with van der Waals surface area (Å²) < 4.78 is 19.4. The van der Waals surface area contributed by atoms with Gasteiger partial charge in [-0.25, -0.2) is 14.8 Å². The van der Waals surface area contributed by atoms with Gasteiger partial charge in [-0.1, -0.05) is 30.9 Å². The number of pyridine rings is 1. The van der Waals surface area contributed by atoms with Gasteiger partial charge in [-0.2, -0.15) is 5.26 Å². The van der Waals surface area contributed by atoms with Crippen LogP contribution in [-0.4, -0.2) is 69.0 Å². The standard InChI is InChI=1S/C53H54N8O8/c1-7-10-22-67-45-38(48(62)56-36-14-12-32(13-15-36)51(65)68-21-8-2)17-19-41(46(45)69-30(4)5)59-50(64)42-18-16-37(29-55-42)57-52(66)53(27-35(53)9-3)60-49(63)40-26-39(33-24-34(40)25-33)47-58-43-23-31(28-54)11-20-44(43)61(47)6/h7-20,23,29-30,33-35,39-40H,2-3,21-22,24-27H2,1,4-6H3,(H,56,62)(H,57,66)(H,59,64)(H,60,63)/b10-7+/t33?,34?,35-,39?,40+,53-/m0/s1. The lowest BCUT2D eigenvalue weighted by molar-refractivity contribution is -0.136. The highest BCUT2D eigenvalue weighted by molar-refractivity contribution is 6.09. The van der Waals surface area contributed by atoms with Gasteiger partial charge in [0.2, 0.25) is 5.91 Å². The molecule has 2 aromatic heterocycles. The van der Waals surface area contributed by atoms with Crippen LogP contribution < -0.4 is 30.7 Å². The van der Waals surface area contributed by atoms with Gasteiger partial charge in [0.15, 0.2) is 11.5 Å². The maximum atomic E-state index is 14.1. The van der Waals surface area contributed by atoms with Crippen LogP contribution in [0.5, 0.6) is 11.5 Å². The molecule has 4 saturated carbocycles. The third kappa shape index (κ3) is 9.85. The predicted molar refractivity (Wildman–Crippen MR) is 260 cm³/mol. The molecule has 0 spiro atoms. The predicted octanol–water partition coefficient (Wildman–Crippen LogP) is 8.26. The molecule has 2 bridgehead atoms. The first-order chi connectivity index (χ1) is 33.3. The Balaban J connectivity index is 0.941. The van der Waals surface area contributed by atoms with Crippen molar-refractivity contribution >= 4 is 57.7 Å². The van der Waals surface area contributed by atoms with E-state index in [1.807, 2.05) is 20.0 Å². The van der Waals surface area contributed by atoms with Crippen molar-refractivity contribution in [1.29, 1.82) is 5.26 Å². The Morgan fingerprint density at radius 3 is 2.35 bits per heavy atom. The summed E-state index contributed by atoms with van der Waals surface area (Å²) in [5.41, 5.74) is 2.44. The molecule has 69 heavy (non-hydrogen) atoms. The second-order valence-electron chi connectivity index (χ2n) is 17.9. The van der Waals surface area contributed by atoms with E-state index < -0.39 is 35.3 Å². The van der Waals surface area contributed by atoms with Crippen LogP contribution in [0.4, 0.5) is 17.1 Å². The Morgan fingerprint density at radius 2 is 1.68 bits per heavy atom. The van der Waals surface area contributed by atoms with Crippen molar-refractivity contribution in [3.63, 3.8) is 0 Å². The first-order valence-electron chi connectivity index (χ1n) is 22.9. The van der Waals surface area contributed by atoms with Crippen molar-refractivity contribution in [3.8, 4) is 17.6 Å². The van der Waals surface area contributed by atoms with E-state index in [0.717, 1.165) is 29.7 Å². The van der Waals surface area contributed by atoms with Gasteiger partial charge in [0.05, 0.1) is 57.5 Å². The number of hydrogen-bond acceptors (Lipinski definition) is 11. The zero-order valence-corrected chi connectivity index (χ0v) is 38.9. The van der Waals surface area contributed by atoms with Crippen molar-refractivity contribution in [1.82, 2.24) is 19.9 Å². The van der Waals surface area contributed by atoms with E-state index in [1.165, 1.54) is 42.6 Å². The van der Waals surface area contributed by atoms with E-state index in [0.29, 0.717) is 41.3 Å². The molecule has 0 saturated heterocycles. The highest BCUT2D eigenvalue weighted by Crippen LogP contribution is 2.56. The van der Waals surface area contributed by atoms with Crippen LogP contribution in [0.2, 0.25) is 0 Å². The Hall–Kier alpha value is -8.06. The van der Waals surface area contributed by atoms with Crippen molar-refractivity contribution in [3.05, 3.63) is 139 Å². The van der Waals surface area contributed by atoms with E-state index in [9.17, 15) is 29.2 Å². The van der Waals surface area contributed by atoms with Crippen molar-refractivity contribution in [2.75, 3.05) is 29.2 Å². The molecule has 16 nitrogen and oxygen atoms in total. The van der Waals surface area contributed by atoms with Crippen LogP contribution in [0.3, 0.4) is 0 Å². The number of carbonyl (C=O) groups excluding carboxylic acids is 5. The molecule has 5 aromatic rings. The lowest BCUT2D eigenvalue weighted by Crippen LogP contribution is -2.54. The van der Waals surface area contributed by atoms with Gasteiger partial charge >= 0.3 is 5.97 Å². The zero-order valence-electron chi connectivity index (χ0n) is 38.9. The number of amides is 4. The van der Waals surface area contributed by atoms with Crippen molar-refractivity contribution in [2.45, 2.75) is 64.0 Å². The lowest BCUT2D eigenvalue weighted by atomic mass is 9.55.